The van der Waals surface area contributed by atoms with Crippen molar-refractivity contribution in [1.29, 1.82) is 0 Å². The fourth-order valence-corrected chi connectivity index (χ4v) is 3.88. The van der Waals surface area contributed by atoms with Crippen molar-refractivity contribution in [3.05, 3.63) is 58.4 Å². The number of benzene rings is 2. The number of carbonyl (C=O) groups is 2. The maximum absolute atomic E-state index is 12.7. The molecular weight excluding hydrogens is 402 g/mol. The average molecular weight is 421 g/mol. The molecule has 0 bridgehead atoms. The van der Waals surface area contributed by atoms with Crippen LogP contribution < -0.4 is 24.7 Å². The number of aryl methyl sites for hydroxylation is 1. The highest BCUT2D eigenvalue weighted by atomic mass is 16.6. The van der Waals surface area contributed by atoms with E-state index in [1.165, 1.54) is 12.1 Å². The van der Waals surface area contributed by atoms with Crippen molar-refractivity contribution < 1.29 is 28.2 Å². The molecule has 3 aromatic rings. The van der Waals surface area contributed by atoms with Gasteiger partial charge in [-0.05, 0) is 36.8 Å². The van der Waals surface area contributed by atoms with Crippen LogP contribution in [0.2, 0.25) is 0 Å². The molecular formula is C23H19NO7. The van der Waals surface area contributed by atoms with Crippen LogP contribution in [0, 0.1) is 12.8 Å². The number of anilines is 1. The highest BCUT2D eigenvalue weighted by Gasteiger charge is 2.37. The summed E-state index contributed by atoms with van der Waals surface area (Å²) in [7, 11) is 0. The lowest BCUT2D eigenvalue weighted by molar-refractivity contribution is -0.139. The number of rotatable bonds is 3. The Bertz CT molecular complexity index is 1260. The fraction of sp³-hybridized carbons (Fsp3) is 0.261. The summed E-state index contributed by atoms with van der Waals surface area (Å²) in [5.74, 6) is 0.185. The van der Waals surface area contributed by atoms with Gasteiger partial charge in [-0.2, -0.15) is 0 Å². The second-order valence-electron chi connectivity index (χ2n) is 7.56. The average Bonchev–Trinajstić information content (AvgIpc) is 3.15. The number of fused-ring (bicyclic) bond motifs is 2. The largest absolute Gasteiger partial charge is 0.486 e. The van der Waals surface area contributed by atoms with E-state index in [1.54, 1.807) is 35.2 Å². The second-order valence-corrected chi connectivity index (χ2v) is 7.56. The van der Waals surface area contributed by atoms with E-state index in [1.807, 2.05) is 6.92 Å². The van der Waals surface area contributed by atoms with E-state index >= 15 is 0 Å². The van der Waals surface area contributed by atoms with Gasteiger partial charge >= 0.3 is 11.6 Å². The molecule has 0 aliphatic carbocycles. The van der Waals surface area contributed by atoms with Gasteiger partial charge in [-0.3, -0.25) is 9.59 Å². The van der Waals surface area contributed by atoms with Crippen molar-refractivity contribution in [3.63, 3.8) is 0 Å². The molecule has 2 aliphatic heterocycles. The van der Waals surface area contributed by atoms with Crippen molar-refractivity contribution in [2.45, 2.75) is 13.3 Å². The van der Waals surface area contributed by atoms with Crippen molar-refractivity contribution in [2.24, 2.45) is 5.92 Å². The van der Waals surface area contributed by atoms with Crippen LogP contribution in [0.1, 0.15) is 12.0 Å². The molecule has 5 rings (SSSR count). The molecule has 0 radical (unpaired) electrons. The summed E-state index contributed by atoms with van der Waals surface area (Å²) in [5.41, 5.74) is 1.30. The summed E-state index contributed by atoms with van der Waals surface area (Å²) in [4.78, 5) is 38.4. The fourth-order valence-electron chi connectivity index (χ4n) is 3.88. The Hall–Kier alpha value is -3.81. The van der Waals surface area contributed by atoms with E-state index in [4.69, 9.17) is 18.6 Å². The van der Waals surface area contributed by atoms with Crippen LogP contribution >= 0.6 is 0 Å². The molecule has 3 heterocycles. The summed E-state index contributed by atoms with van der Waals surface area (Å²) in [6.45, 7) is 2.95. The Morgan fingerprint density at radius 1 is 1.03 bits per heavy atom. The number of ether oxygens (including phenoxy) is 3. The van der Waals surface area contributed by atoms with Gasteiger partial charge in [0.1, 0.15) is 24.5 Å². The molecule has 2 aliphatic rings. The van der Waals surface area contributed by atoms with Gasteiger partial charge in [-0.15, -0.1) is 0 Å². The molecule has 1 aromatic heterocycles. The number of carbonyl (C=O) groups excluding carboxylic acids is 2. The van der Waals surface area contributed by atoms with Crippen molar-refractivity contribution >= 4 is 28.5 Å². The van der Waals surface area contributed by atoms with Gasteiger partial charge < -0.3 is 23.5 Å². The third-order valence-electron chi connectivity index (χ3n) is 5.44. The minimum atomic E-state index is -0.610. The van der Waals surface area contributed by atoms with E-state index < -0.39 is 17.5 Å². The zero-order valence-corrected chi connectivity index (χ0v) is 16.8. The maximum Gasteiger partial charge on any atom is 0.336 e. The van der Waals surface area contributed by atoms with Crippen LogP contribution in [-0.2, 0) is 9.59 Å². The number of nitrogens with zero attached hydrogens (tertiary/aromatic N) is 1. The van der Waals surface area contributed by atoms with Gasteiger partial charge in [-0.25, -0.2) is 4.79 Å². The summed E-state index contributed by atoms with van der Waals surface area (Å²) in [6.07, 6.45) is 0.0506. The van der Waals surface area contributed by atoms with E-state index in [2.05, 4.69) is 0 Å². The van der Waals surface area contributed by atoms with Gasteiger partial charge in [0.05, 0.1) is 5.92 Å². The normalized spacial score (nSPS) is 17.8. The minimum Gasteiger partial charge on any atom is -0.486 e. The smallest absolute Gasteiger partial charge is 0.336 e. The van der Waals surface area contributed by atoms with Crippen LogP contribution in [0.5, 0.6) is 17.2 Å². The third kappa shape index (κ3) is 3.61. The molecule has 2 aromatic carbocycles. The van der Waals surface area contributed by atoms with Crippen molar-refractivity contribution in [3.8, 4) is 17.2 Å². The van der Waals surface area contributed by atoms with Crippen LogP contribution in [0.3, 0.4) is 0 Å². The monoisotopic (exact) mass is 421 g/mol. The first kappa shape index (κ1) is 19.2. The molecule has 31 heavy (non-hydrogen) atoms. The number of esters is 1. The minimum absolute atomic E-state index is 0.0506. The molecule has 8 heteroatoms. The van der Waals surface area contributed by atoms with Gasteiger partial charge in [0.2, 0.25) is 5.91 Å². The van der Waals surface area contributed by atoms with Gasteiger partial charge in [0, 0.05) is 42.2 Å². The lowest BCUT2D eigenvalue weighted by Crippen LogP contribution is -2.27. The molecule has 1 atom stereocenters. The molecule has 0 spiro atoms. The predicted molar refractivity (Wildman–Crippen MR) is 111 cm³/mol. The van der Waals surface area contributed by atoms with E-state index in [0.717, 1.165) is 10.9 Å². The van der Waals surface area contributed by atoms with Crippen LogP contribution in [-0.4, -0.2) is 31.6 Å². The first-order valence-electron chi connectivity index (χ1n) is 9.94. The quantitative estimate of drug-likeness (QED) is 0.365. The van der Waals surface area contributed by atoms with Gasteiger partial charge in [-0.1, -0.05) is 0 Å². The van der Waals surface area contributed by atoms with Crippen molar-refractivity contribution in [2.75, 3.05) is 24.7 Å². The summed E-state index contributed by atoms with van der Waals surface area (Å²) < 4.78 is 21.8. The van der Waals surface area contributed by atoms with Crippen molar-refractivity contribution in [1.82, 2.24) is 0 Å². The van der Waals surface area contributed by atoms with Gasteiger partial charge in [0.15, 0.2) is 11.5 Å². The zero-order valence-electron chi connectivity index (χ0n) is 16.8. The number of amides is 1. The van der Waals surface area contributed by atoms with E-state index in [0.29, 0.717) is 36.0 Å². The molecule has 8 nitrogen and oxygen atoms in total. The Morgan fingerprint density at radius 3 is 2.68 bits per heavy atom. The predicted octanol–water partition coefficient (Wildman–Crippen LogP) is 2.83. The Labute approximate surface area is 176 Å². The van der Waals surface area contributed by atoms with Crippen LogP contribution in [0.4, 0.5) is 5.69 Å². The van der Waals surface area contributed by atoms with E-state index in [9.17, 15) is 14.4 Å². The van der Waals surface area contributed by atoms with Gasteiger partial charge in [0.25, 0.3) is 0 Å². The highest BCUT2D eigenvalue weighted by molar-refractivity contribution is 6.00. The first-order chi connectivity index (χ1) is 15.0. The SMILES string of the molecule is Cc1cc(=O)oc2cc(OC(=O)C3CC(=O)N(c4ccc5c(c4)OCCO5)C3)ccc12. The lowest BCUT2D eigenvalue weighted by atomic mass is 10.1. The highest BCUT2D eigenvalue weighted by Crippen LogP contribution is 2.36. The molecule has 158 valence electrons. The summed E-state index contributed by atoms with van der Waals surface area (Å²) >= 11 is 0. The van der Waals surface area contributed by atoms with Crippen LogP contribution in [0.15, 0.2) is 51.7 Å². The first-order valence-corrected chi connectivity index (χ1v) is 9.94. The molecule has 0 N–H and O–H groups in total. The zero-order chi connectivity index (χ0) is 21.5. The molecule has 0 saturated carbocycles. The third-order valence-corrected chi connectivity index (χ3v) is 5.44. The number of hydrogen-bond acceptors (Lipinski definition) is 7. The topological polar surface area (TPSA) is 95.3 Å². The second kappa shape index (κ2) is 7.46. The van der Waals surface area contributed by atoms with Crippen LogP contribution in [0.25, 0.3) is 11.0 Å². The molecule has 1 fully saturated rings. The summed E-state index contributed by atoms with van der Waals surface area (Å²) in [6, 6.07) is 11.6. The Kier molecular flexibility index (Phi) is 4.62. The lowest BCUT2D eigenvalue weighted by Gasteiger charge is -2.22. The maximum atomic E-state index is 12.7. The standard InChI is InChI=1S/C23H19NO7/c1-13-8-22(26)31-19-11-16(3-4-17(13)19)30-23(27)14-9-21(25)24(12-14)15-2-5-18-20(10-15)29-7-6-28-18/h2-5,8,10-11,14H,6-7,9,12H2,1H3. The number of hydrogen-bond donors (Lipinski definition) is 0. The molecule has 1 saturated heterocycles. The summed E-state index contributed by atoms with van der Waals surface area (Å²) in [5, 5.41) is 0.764. The Balaban J connectivity index is 1.32. The van der Waals surface area contributed by atoms with E-state index in [-0.39, 0.29) is 24.6 Å². The Morgan fingerprint density at radius 2 is 1.84 bits per heavy atom. The molecule has 1 unspecified atom stereocenters. The molecule has 1 amide bonds.